The maximum absolute atomic E-state index is 11.2. The minimum absolute atomic E-state index is 0.458. The molecule has 0 spiro atoms. The first-order valence-electron chi connectivity index (χ1n) is 6.31. The summed E-state index contributed by atoms with van der Waals surface area (Å²) in [6.45, 7) is 4.15. The summed E-state index contributed by atoms with van der Waals surface area (Å²) in [6.07, 6.45) is 0.798. The van der Waals surface area contributed by atoms with E-state index in [2.05, 4.69) is 46.9 Å². The second-order valence-corrected chi connectivity index (χ2v) is 5.62. The Hall–Kier alpha value is -1.94. The van der Waals surface area contributed by atoms with Gasteiger partial charge in [-0.2, -0.15) is 0 Å². The molecular formula is C16H13BrN2O. The first kappa shape index (κ1) is 13.1. The minimum atomic E-state index is 0.458. The summed E-state index contributed by atoms with van der Waals surface area (Å²) in [5.74, 6) is 0.776. The van der Waals surface area contributed by atoms with Gasteiger partial charge in [0.25, 0.3) is 0 Å². The average molecular weight is 329 g/mol. The molecule has 0 N–H and O–H groups in total. The summed E-state index contributed by atoms with van der Waals surface area (Å²) in [6, 6.07) is 11.9. The van der Waals surface area contributed by atoms with Crippen molar-refractivity contribution in [1.29, 1.82) is 0 Å². The molecule has 0 atom stereocenters. The van der Waals surface area contributed by atoms with E-state index in [9.17, 15) is 4.79 Å². The number of nitrogens with zero attached hydrogens (tertiary/aromatic N) is 2. The van der Waals surface area contributed by atoms with Crippen molar-refractivity contribution < 1.29 is 4.79 Å². The van der Waals surface area contributed by atoms with Gasteiger partial charge in [-0.25, -0.2) is 4.98 Å². The predicted octanol–water partition coefficient (Wildman–Crippen LogP) is 4.19. The normalized spacial score (nSPS) is 10.9. The molecule has 0 aliphatic carbocycles. The Kier molecular flexibility index (Phi) is 3.18. The highest BCUT2D eigenvalue weighted by Crippen LogP contribution is 2.27. The highest BCUT2D eigenvalue weighted by atomic mass is 79.9. The van der Waals surface area contributed by atoms with Gasteiger partial charge in [0.2, 0.25) is 0 Å². The Bertz CT molecular complexity index is 821. The molecule has 2 aromatic heterocycles. The lowest BCUT2D eigenvalue weighted by molar-refractivity contribution is 0.112. The lowest BCUT2D eigenvalue weighted by atomic mass is 10.1. The molecule has 0 unspecified atom stereocenters. The fraction of sp³-hybridized carbons (Fsp3) is 0.125. The molecule has 1 aromatic carbocycles. The van der Waals surface area contributed by atoms with E-state index in [0.29, 0.717) is 5.69 Å². The zero-order chi connectivity index (χ0) is 14.3. The van der Waals surface area contributed by atoms with Gasteiger partial charge in [-0.3, -0.25) is 9.20 Å². The number of aryl methyl sites for hydroxylation is 2. The zero-order valence-electron chi connectivity index (χ0n) is 11.2. The van der Waals surface area contributed by atoms with E-state index >= 15 is 0 Å². The number of hydrogen-bond donors (Lipinski definition) is 0. The van der Waals surface area contributed by atoms with Gasteiger partial charge in [0.05, 0.1) is 10.1 Å². The number of carbonyl (C=O) groups excluding carboxylic acids is 1. The summed E-state index contributed by atoms with van der Waals surface area (Å²) < 4.78 is 2.83. The molecule has 0 aliphatic heterocycles. The number of benzene rings is 1. The number of imidazole rings is 1. The van der Waals surface area contributed by atoms with Crippen LogP contribution < -0.4 is 0 Å². The van der Waals surface area contributed by atoms with Crippen LogP contribution in [-0.4, -0.2) is 15.7 Å². The van der Waals surface area contributed by atoms with Crippen LogP contribution in [0.2, 0.25) is 0 Å². The third-order valence-electron chi connectivity index (χ3n) is 3.52. The van der Waals surface area contributed by atoms with Crippen LogP contribution in [0.25, 0.3) is 16.9 Å². The molecule has 0 amide bonds. The molecule has 3 aromatic rings. The number of rotatable bonds is 2. The predicted molar refractivity (Wildman–Crippen MR) is 83.2 cm³/mol. The van der Waals surface area contributed by atoms with Gasteiger partial charge in [0.1, 0.15) is 11.5 Å². The van der Waals surface area contributed by atoms with E-state index < -0.39 is 0 Å². The smallest absolute Gasteiger partial charge is 0.170 e. The molecule has 0 radical (unpaired) electrons. The third kappa shape index (κ3) is 1.96. The Balaban J connectivity index is 2.35. The monoisotopic (exact) mass is 328 g/mol. The van der Waals surface area contributed by atoms with Crippen LogP contribution in [0.1, 0.15) is 21.6 Å². The number of halogens is 1. The van der Waals surface area contributed by atoms with Crippen molar-refractivity contribution in [2.45, 2.75) is 13.8 Å². The van der Waals surface area contributed by atoms with Crippen LogP contribution in [0.5, 0.6) is 0 Å². The molecule has 0 fully saturated rings. The van der Waals surface area contributed by atoms with Gasteiger partial charge < -0.3 is 0 Å². The summed E-state index contributed by atoms with van der Waals surface area (Å²) >= 11 is 3.53. The van der Waals surface area contributed by atoms with Crippen LogP contribution in [0.3, 0.4) is 0 Å². The van der Waals surface area contributed by atoms with Gasteiger partial charge in [0.15, 0.2) is 6.29 Å². The molecule has 0 bridgehead atoms. The van der Waals surface area contributed by atoms with Crippen molar-refractivity contribution in [3.63, 3.8) is 0 Å². The molecular weight excluding hydrogens is 316 g/mol. The van der Waals surface area contributed by atoms with Gasteiger partial charge in [0, 0.05) is 5.56 Å². The van der Waals surface area contributed by atoms with Crippen LogP contribution in [-0.2, 0) is 0 Å². The van der Waals surface area contributed by atoms with Gasteiger partial charge in [-0.15, -0.1) is 0 Å². The van der Waals surface area contributed by atoms with Crippen molar-refractivity contribution in [2.75, 3.05) is 0 Å². The SMILES string of the molecule is Cc1ccc(-c2nc(C=O)c3cccc(Br)n23)cc1C. The minimum Gasteiger partial charge on any atom is -0.296 e. The molecule has 0 saturated carbocycles. The van der Waals surface area contributed by atoms with Crippen molar-refractivity contribution in [2.24, 2.45) is 0 Å². The number of aldehydes is 1. The van der Waals surface area contributed by atoms with E-state index in [1.165, 1.54) is 11.1 Å². The topological polar surface area (TPSA) is 34.4 Å². The second-order valence-electron chi connectivity index (χ2n) is 4.81. The largest absolute Gasteiger partial charge is 0.296 e. The molecule has 100 valence electrons. The number of hydrogen-bond acceptors (Lipinski definition) is 2. The Morgan fingerprint density at radius 1 is 1.15 bits per heavy atom. The Morgan fingerprint density at radius 2 is 1.95 bits per heavy atom. The van der Waals surface area contributed by atoms with Crippen molar-refractivity contribution in [1.82, 2.24) is 9.38 Å². The zero-order valence-corrected chi connectivity index (χ0v) is 12.8. The Morgan fingerprint density at radius 3 is 2.65 bits per heavy atom. The van der Waals surface area contributed by atoms with Crippen LogP contribution in [0.4, 0.5) is 0 Å². The Labute approximate surface area is 125 Å². The number of pyridine rings is 1. The molecule has 0 saturated heterocycles. The second kappa shape index (κ2) is 4.87. The number of aromatic nitrogens is 2. The molecule has 0 aliphatic rings. The quantitative estimate of drug-likeness (QED) is 0.522. The maximum Gasteiger partial charge on any atom is 0.170 e. The summed E-state index contributed by atoms with van der Waals surface area (Å²) in [5, 5.41) is 0. The lowest BCUT2D eigenvalue weighted by Gasteiger charge is -2.06. The van der Waals surface area contributed by atoms with E-state index in [0.717, 1.165) is 27.8 Å². The molecule has 20 heavy (non-hydrogen) atoms. The third-order valence-corrected chi connectivity index (χ3v) is 4.14. The van der Waals surface area contributed by atoms with E-state index in [1.807, 2.05) is 28.7 Å². The van der Waals surface area contributed by atoms with Crippen LogP contribution in [0.15, 0.2) is 41.0 Å². The maximum atomic E-state index is 11.2. The fourth-order valence-electron chi connectivity index (χ4n) is 2.28. The lowest BCUT2D eigenvalue weighted by Crippen LogP contribution is -1.92. The van der Waals surface area contributed by atoms with Gasteiger partial charge >= 0.3 is 0 Å². The number of carbonyl (C=O) groups is 1. The summed E-state index contributed by atoms with van der Waals surface area (Å²) in [4.78, 5) is 15.7. The molecule has 4 heteroatoms. The van der Waals surface area contributed by atoms with E-state index in [-0.39, 0.29) is 0 Å². The molecule has 2 heterocycles. The van der Waals surface area contributed by atoms with Crippen LogP contribution in [0, 0.1) is 13.8 Å². The van der Waals surface area contributed by atoms with Gasteiger partial charge in [-0.05, 0) is 59.1 Å². The summed E-state index contributed by atoms with van der Waals surface area (Å²) in [7, 11) is 0. The molecule has 3 nitrogen and oxygen atoms in total. The van der Waals surface area contributed by atoms with Crippen molar-refractivity contribution >= 4 is 27.7 Å². The highest BCUT2D eigenvalue weighted by Gasteiger charge is 2.14. The summed E-state index contributed by atoms with van der Waals surface area (Å²) in [5.41, 5.74) is 4.72. The van der Waals surface area contributed by atoms with Gasteiger partial charge in [-0.1, -0.05) is 18.2 Å². The molecule has 3 rings (SSSR count). The number of fused-ring (bicyclic) bond motifs is 1. The average Bonchev–Trinajstić information content (AvgIpc) is 2.82. The van der Waals surface area contributed by atoms with Crippen LogP contribution >= 0.6 is 15.9 Å². The first-order valence-corrected chi connectivity index (χ1v) is 7.11. The van der Waals surface area contributed by atoms with Crippen molar-refractivity contribution in [3.05, 3.63) is 57.8 Å². The standard InChI is InChI=1S/C16H13BrN2O/c1-10-6-7-12(8-11(10)2)16-18-13(9-20)14-4-3-5-15(17)19(14)16/h3-9H,1-2H3. The highest BCUT2D eigenvalue weighted by molar-refractivity contribution is 9.10. The van der Waals surface area contributed by atoms with E-state index in [4.69, 9.17) is 0 Å². The fourth-order valence-corrected chi connectivity index (χ4v) is 2.79. The first-order chi connectivity index (χ1) is 9.61. The van der Waals surface area contributed by atoms with Crippen molar-refractivity contribution in [3.8, 4) is 11.4 Å². The van der Waals surface area contributed by atoms with E-state index in [1.54, 1.807) is 0 Å².